The number of piperidine rings is 1. The Morgan fingerprint density at radius 3 is 2.87 bits per heavy atom. The van der Waals surface area contributed by atoms with E-state index in [2.05, 4.69) is 20.9 Å². The highest BCUT2D eigenvalue weighted by atomic mass is 32.1. The lowest BCUT2D eigenvalue weighted by Gasteiger charge is -2.41. The van der Waals surface area contributed by atoms with Crippen LogP contribution >= 0.6 is 11.3 Å². The molecule has 2 aliphatic rings. The number of nitrogens with one attached hydrogen (secondary N) is 3. The first-order chi connectivity index (χ1) is 11.1. The Labute approximate surface area is 140 Å². The van der Waals surface area contributed by atoms with E-state index in [1.54, 1.807) is 11.3 Å². The van der Waals surface area contributed by atoms with Crippen LogP contribution in [0.4, 0.5) is 0 Å². The lowest BCUT2D eigenvalue weighted by molar-refractivity contribution is -0.127. The molecule has 0 aromatic carbocycles. The zero-order valence-electron chi connectivity index (χ0n) is 13.4. The van der Waals surface area contributed by atoms with Gasteiger partial charge in [0, 0.05) is 36.5 Å². The average molecular weight is 336 g/mol. The third-order valence-electron chi connectivity index (χ3n) is 4.41. The molecule has 7 heteroatoms. The standard InChI is InChI=1S/C16H24N4O2S/c1-11-9-14(21)19-16(17-11)20-6-4-12(5-7-20)18-15(22)10-13-3-2-8-23-13/h2-3,8,11-12,16-17H,4-7,9-10H2,1H3,(H,18,22)(H,19,21). The molecule has 0 radical (unpaired) electrons. The first kappa shape index (κ1) is 16.4. The first-order valence-electron chi connectivity index (χ1n) is 8.21. The van der Waals surface area contributed by atoms with Gasteiger partial charge >= 0.3 is 0 Å². The minimum absolute atomic E-state index is 0.0750. The van der Waals surface area contributed by atoms with E-state index in [0.717, 1.165) is 30.8 Å². The van der Waals surface area contributed by atoms with E-state index in [9.17, 15) is 9.59 Å². The molecule has 2 amide bonds. The maximum Gasteiger partial charge on any atom is 0.225 e. The van der Waals surface area contributed by atoms with Gasteiger partial charge in [-0.1, -0.05) is 6.07 Å². The quantitative estimate of drug-likeness (QED) is 0.755. The zero-order valence-corrected chi connectivity index (χ0v) is 14.2. The molecule has 0 saturated carbocycles. The zero-order chi connectivity index (χ0) is 16.2. The van der Waals surface area contributed by atoms with Gasteiger partial charge in [0.25, 0.3) is 0 Å². The van der Waals surface area contributed by atoms with Crippen LogP contribution in [0.3, 0.4) is 0 Å². The summed E-state index contributed by atoms with van der Waals surface area (Å²) < 4.78 is 0. The smallest absolute Gasteiger partial charge is 0.225 e. The minimum Gasteiger partial charge on any atom is -0.353 e. The molecule has 23 heavy (non-hydrogen) atoms. The average Bonchev–Trinajstić information content (AvgIpc) is 2.99. The van der Waals surface area contributed by atoms with Crippen molar-refractivity contribution < 1.29 is 9.59 Å². The molecule has 2 aliphatic heterocycles. The number of carbonyl (C=O) groups excluding carboxylic acids is 2. The van der Waals surface area contributed by atoms with Crippen LogP contribution < -0.4 is 16.0 Å². The van der Waals surface area contributed by atoms with Crippen molar-refractivity contribution in [2.45, 2.75) is 51.0 Å². The van der Waals surface area contributed by atoms with E-state index in [1.165, 1.54) is 0 Å². The van der Waals surface area contributed by atoms with Gasteiger partial charge in [-0.05, 0) is 31.2 Å². The monoisotopic (exact) mass is 336 g/mol. The summed E-state index contributed by atoms with van der Waals surface area (Å²) >= 11 is 1.62. The normalized spacial score (nSPS) is 26.7. The van der Waals surface area contributed by atoms with Crippen molar-refractivity contribution in [2.24, 2.45) is 0 Å². The SMILES string of the molecule is CC1CC(=O)NC(N2CCC(NC(=O)Cc3cccs3)CC2)N1. The number of hydrogen-bond acceptors (Lipinski definition) is 5. The molecule has 6 nitrogen and oxygen atoms in total. The van der Waals surface area contributed by atoms with Crippen molar-refractivity contribution in [3.8, 4) is 0 Å². The summed E-state index contributed by atoms with van der Waals surface area (Å²) in [6, 6.07) is 4.40. The van der Waals surface area contributed by atoms with Gasteiger partial charge in [-0.2, -0.15) is 0 Å². The summed E-state index contributed by atoms with van der Waals surface area (Å²) in [5.41, 5.74) is 0. The first-order valence-corrected chi connectivity index (χ1v) is 9.09. The summed E-state index contributed by atoms with van der Waals surface area (Å²) in [6.45, 7) is 3.77. The summed E-state index contributed by atoms with van der Waals surface area (Å²) in [5, 5.41) is 11.5. The van der Waals surface area contributed by atoms with Crippen LogP contribution in [0.15, 0.2) is 17.5 Å². The van der Waals surface area contributed by atoms with Gasteiger partial charge in [-0.3, -0.25) is 19.8 Å². The second kappa shape index (κ2) is 7.42. The number of hydrogen-bond donors (Lipinski definition) is 3. The topological polar surface area (TPSA) is 73.5 Å². The Balaban J connectivity index is 1.43. The molecule has 2 fully saturated rings. The van der Waals surface area contributed by atoms with Crippen LogP contribution in [0, 0.1) is 0 Å². The van der Waals surface area contributed by atoms with Gasteiger partial charge in [0.1, 0.15) is 6.29 Å². The molecule has 3 rings (SSSR count). The van der Waals surface area contributed by atoms with Crippen LogP contribution in [0.1, 0.15) is 31.1 Å². The fraction of sp³-hybridized carbons (Fsp3) is 0.625. The molecule has 2 unspecified atom stereocenters. The minimum atomic E-state index is -0.0750. The fourth-order valence-corrected chi connectivity index (χ4v) is 3.91. The van der Waals surface area contributed by atoms with E-state index in [4.69, 9.17) is 0 Å². The summed E-state index contributed by atoms with van der Waals surface area (Å²) in [4.78, 5) is 27.1. The summed E-state index contributed by atoms with van der Waals surface area (Å²) in [6.07, 6.45) is 2.76. The summed E-state index contributed by atoms with van der Waals surface area (Å²) in [7, 11) is 0. The van der Waals surface area contributed by atoms with E-state index in [1.807, 2.05) is 24.4 Å². The Kier molecular flexibility index (Phi) is 5.30. The Morgan fingerprint density at radius 2 is 2.22 bits per heavy atom. The van der Waals surface area contributed by atoms with Crippen LogP contribution in [-0.4, -0.2) is 48.2 Å². The molecule has 126 valence electrons. The van der Waals surface area contributed by atoms with E-state index in [0.29, 0.717) is 12.8 Å². The predicted molar refractivity (Wildman–Crippen MR) is 89.9 cm³/mol. The van der Waals surface area contributed by atoms with Crippen LogP contribution in [0.25, 0.3) is 0 Å². The van der Waals surface area contributed by atoms with Crippen molar-refractivity contribution in [3.05, 3.63) is 22.4 Å². The van der Waals surface area contributed by atoms with Crippen molar-refractivity contribution in [2.75, 3.05) is 13.1 Å². The highest BCUT2D eigenvalue weighted by Gasteiger charge is 2.30. The Morgan fingerprint density at radius 1 is 1.43 bits per heavy atom. The maximum atomic E-state index is 12.1. The van der Waals surface area contributed by atoms with Crippen molar-refractivity contribution in [3.63, 3.8) is 0 Å². The number of carbonyl (C=O) groups is 2. The highest BCUT2D eigenvalue weighted by Crippen LogP contribution is 2.15. The van der Waals surface area contributed by atoms with Gasteiger partial charge in [0.05, 0.1) is 6.42 Å². The second-order valence-electron chi connectivity index (χ2n) is 6.38. The molecule has 1 aromatic heterocycles. The Bertz CT molecular complexity index is 540. The second-order valence-corrected chi connectivity index (χ2v) is 7.41. The fourth-order valence-electron chi connectivity index (χ4n) is 3.21. The number of likely N-dealkylation sites (tertiary alicyclic amines) is 1. The molecule has 0 bridgehead atoms. The van der Waals surface area contributed by atoms with Gasteiger partial charge in [0.15, 0.2) is 0 Å². The van der Waals surface area contributed by atoms with Crippen molar-refractivity contribution >= 4 is 23.2 Å². The van der Waals surface area contributed by atoms with E-state index >= 15 is 0 Å². The molecule has 0 spiro atoms. The van der Waals surface area contributed by atoms with Gasteiger partial charge < -0.3 is 10.6 Å². The molecule has 1 aromatic rings. The molecular formula is C16H24N4O2S. The molecule has 3 N–H and O–H groups in total. The third kappa shape index (κ3) is 4.53. The number of thiophene rings is 1. The van der Waals surface area contributed by atoms with Crippen LogP contribution in [0.2, 0.25) is 0 Å². The number of amides is 2. The van der Waals surface area contributed by atoms with Gasteiger partial charge in [0.2, 0.25) is 11.8 Å². The molecule has 3 heterocycles. The highest BCUT2D eigenvalue weighted by molar-refractivity contribution is 7.10. The van der Waals surface area contributed by atoms with E-state index in [-0.39, 0.29) is 30.2 Å². The Hall–Kier alpha value is -1.44. The van der Waals surface area contributed by atoms with Gasteiger partial charge in [-0.15, -0.1) is 11.3 Å². The molecular weight excluding hydrogens is 312 g/mol. The maximum absolute atomic E-state index is 12.1. The number of rotatable bonds is 4. The van der Waals surface area contributed by atoms with Crippen LogP contribution in [0.5, 0.6) is 0 Å². The third-order valence-corrected chi connectivity index (χ3v) is 5.28. The molecule has 0 aliphatic carbocycles. The molecule has 2 atom stereocenters. The summed E-state index contributed by atoms with van der Waals surface area (Å²) in [5.74, 6) is 0.205. The van der Waals surface area contributed by atoms with Crippen molar-refractivity contribution in [1.82, 2.24) is 20.9 Å². The lowest BCUT2D eigenvalue weighted by atomic mass is 10.0. The van der Waals surface area contributed by atoms with Crippen molar-refractivity contribution in [1.29, 1.82) is 0 Å². The van der Waals surface area contributed by atoms with E-state index < -0.39 is 0 Å². The largest absolute Gasteiger partial charge is 0.353 e. The predicted octanol–water partition coefficient (Wildman–Crippen LogP) is 0.653. The molecule has 2 saturated heterocycles. The van der Waals surface area contributed by atoms with Gasteiger partial charge in [-0.25, -0.2) is 0 Å². The lowest BCUT2D eigenvalue weighted by Crippen LogP contribution is -2.65. The van der Waals surface area contributed by atoms with Crippen LogP contribution in [-0.2, 0) is 16.0 Å². The number of nitrogens with zero attached hydrogens (tertiary/aromatic N) is 1.